The Balaban J connectivity index is 0.00000380. The Kier molecular flexibility index (Phi) is 8.39. The third kappa shape index (κ3) is 5.37. The molecule has 3 heterocycles. The second-order valence-electron chi connectivity index (χ2n) is 9.33. The molecule has 4 rings (SSSR count). The summed E-state index contributed by atoms with van der Waals surface area (Å²) in [7, 11) is 1.50. The van der Waals surface area contributed by atoms with Crippen LogP contribution in [0, 0.1) is 0 Å². The molecule has 0 radical (unpaired) electrons. The van der Waals surface area contributed by atoms with Gasteiger partial charge in [-0.3, -0.25) is 18.7 Å². The predicted molar refractivity (Wildman–Crippen MR) is 143 cm³/mol. The van der Waals surface area contributed by atoms with Gasteiger partial charge in [0, 0.05) is 38.3 Å². The number of hydrogen-bond donors (Lipinski definition) is 2. The molecule has 1 aliphatic heterocycles. The molecular formula is C25H31ClN6O5. The minimum Gasteiger partial charge on any atom is -0.478 e. The summed E-state index contributed by atoms with van der Waals surface area (Å²) in [6.45, 7) is 4.94. The molecule has 37 heavy (non-hydrogen) atoms. The molecule has 0 saturated carbocycles. The number of rotatable bonds is 7. The standard InChI is InChI=1S/C25H30N6O5.ClH/c1-15(2)10-12-30-20-21(27-24(30)29-11-6-7-16(26)13-29)28(3)25(36)31(22(20)33)14-19(32)17-8-4-5-9-18(17)23(34)35;/h4-5,8-10,16H,6-7,11-14,26H2,1-3H3,(H,34,35);1H. The van der Waals surface area contributed by atoms with Crippen LogP contribution in [0.25, 0.3) is 11.2 Å². The number of carboxylic acids is 1. The third-order valence-electron chi connectivity index (χ3n) is 6.39. The Morgan fingerprint density at radius 3 is 2.46 bits per heavy atom. The molecular weight excluding hydrogens is 500 g/mol. The van der Waals surface area contributed by atoms with Crippen LogP contribution in [0.15, 0.2) is 45.5 Å². The molecule has 12 heteroatoms. The quantitative estimate of drug-likeness (QED) is 0.347. The first-order valence-corrected chi connectivity index (χ1v) is 11.8. The number of nitrogens with two attached hydrogens (primary N) is 1. The molecule has 1 aromatic carbocycles. The summed E-state index contributed by atoms with van der Waals surface area (Å²) in [6.07, 6.45) is 3.74. The number of carboxylic acid groups (broad SMARTS) is 1. The largest absolute Gasteiger partial charge is 0.478 e. The summed E-state index contributed by atoms with van der Waals surface area (Å²) < 4.78 is 3.85. The number of aromatic carboxylic acids is 1. The number of hydrogen-bond acceptors (Lipinski definition) is 7. The SMILES string of the molecule is CC(C)=CCn1c(N2CCCC(N)C2)nc2c1c(=O)n(CC(=O)c1ccccc1C(=O)O)c(=O)n2C.Cl. The first-order valence-electron chi connectivity index (χ1n) is 11.8. The van der Waals surface area contributed by atoms with E-state index < -0.39 is 29.5 Å². The number of ketones is 1. The van der Waals surface area contributed by atoms with Crippen molar-refractivity contribution in [1.29, 1.82) is 0 Å². The van der Waals surface area contributed by atoms with Gasteiger partial charge in [-0.25, -0.2) is 9.59 Å². The average Bonchev–Trinajstić information content (AvgIpc) is 3.23. The number of carbonyl (C=O) groups excluding carboxylic acids is 1. The number of Topliss-reactive ketones (excluding diaryl/α,β-unsaturated/α-hetero) is 1. The maximum absolute atomic E-state index is 13.7. The lowest BCUT2D eigenvalue weighted by Crippen LogP contribution is -2.44. The van der Waals surface area contributed by atoms with E-state index in [1.54, 1.807) is 4.57 Å². The van der Waals surface area contributed by atoms with Crippen molar-refractivity contribution in [2.24, 2.45) is 12.8 Å². The van der Waals surface area contributed by atoms with Gasteiger partial charge in [0.15, 0.2) is 16.9 Å². The van der Waals surface area contributed by atoms with Gasteiger partial charge in [-0.05, 0) is 32.8 Å². The molecule has 2 aromatic heterocycles. The first-order chi connectivity index (χ1) is 17.1. The van der Waals surface area contributed by atoms with E-state index in [0.29, 0.717) is 19.0 Å². The van der Waals surface area contributed by atoms with Crippen LogP contribution in [-0.4, -0.2) is 54.7 Å². The van der Waals surface area contributed by atoms with Crippen LogP contribution in [0.5, 0.6) is 0 Å². The van der Waals surface area contributed by atoms with E-state index in [2.05, 4.69) is 4.98 Å². The van der Waals surface area contributed by atoms with Crippen molar-refractivity contribution in [2.75, 3.05) is 18.0 Å². The van der Waals surface area contributed by atoms with Crippen LogP contribution in [0.1, 0.15) is 47.4 Å². The molecule has 0 bridgehead atoms. The summed E-state index contributed by atoms with van der Waals surface area (Å²) in [4.78, 5) is 58.2. The van der Waals surface area contributed by atoms with Gasteiger partial charge in [0.05, 0.1) is 12.1 Å². The fraction of sp³-hybridized carbons (Fsp3) is 0.400. The Labute approximate surface area is 219 Å². The molecule has 1 aliphatic rings. The van der Waals surface area contributed by atoms with Gasteiger partial charge < -0.3 is 20.3 Å². The maximum atomic E-state index is 13.7. The Hall–Kier alpha value is -3.70. The molecule has 1 atom stereocenters. The molecule has 11 nitrogen and oxygen atoms in total. The fourth-order valence-electron chi connectivity index (χ4n) is 4.52. The number of fused-ring (bicyclic) bond motifs is 1. The maximum Gasteiger partial charge on any atom is 0.336 e. The van der Waals surface area contributed by atoms with Crippen molar-refractivity contribution in [1.82, 2.24) is 18.7 Å². The zero-order valence-corrected chi connectivity index (χ0v) is 21.8. The van der Waals surface area contributed by atoms with Crippen LogP contribution in [0.4, 0.5) is 5.95 Å². The third-order valence-corrected chi connectivity index (χ3v) is 6.39. The number of carbonyl (C=O) groups is 2. The summed E-state index contributed by atoms with van der Waals surface area (Å²) in [5, 5.41) is 9.44. The molecule has 0 aliphatic carbocycles. The van der Waals surface area contributed by atoms with Crippen molar-refractivity contribution >= 4 is 41.3 Å². The second-order valence-corrected chi connectivity index (χ2v) is 9.33. The van der Waals surface area contributed by atoms with Crippen molar-refractivity contribution in [3.63, 3.8) is 0 Å². The van der Waals surface area contributed by atoms with Crippen LogP contribution in [0.3, 0.4) is 0 Å². The Morgan fingerprint density at radius 2 is 1.84 bits per heavy atom. The number of nitrogens with zero attached hydrogens (tertiary/aromatic N) is 5. The van der Waals surface area contributed by atoms with Crippen molar-refractivity contribution in [2.45, 2.75) is 45.8 Å². The van der Waals surface area contributed by atoms with Gasteiger partial charge in [-0.2, -0.15) is 4.98 Å². The van der Waals surface area contributed by atoms with E-state index in [0.717, 1.165) is 29.5 Å². The van der Waals surface area contributed by atoms with Crippen molar-refractivity contribution < 1.29 is 14.7 Å². The smallest absolute Gasteiger partial charge is 0.336 e. The van der Waals surface area contributed by atoms with E-state index >= 15 is 0 Å². The summed E-state index contributed by atoms with van der Waals surface area (Å²) in [6, 6.07) is 5.70. The molecule has 198 valence electrons. The minimum absolute atomic E-state index is 0. The van der Waals surface area contributed by atoms with Gasteiger partial charge in [0.25, 0.3) is 5.56 Å². The van der Waals surface area contributed by atoms with E-state index in [-0.39, 0.29) is 40.7 Å². The monoisotopic (exact) mass is 530 g/mol. The Bertz CT molecular complexity index is 1500. The average molecular weight is 531 g/mol. The number of piperidine rings is 1. The highest BCUT2D eigenvalue weighted by molar-refractivity contribution is 6.05. The molecule has 3 N–H and O–H groups in total. The minimum atomic E-state index is -1.26. The van der Waals surface area contributed by atoms with Gasteiger partial charge in [-0.1, -0.05) is 29.8 Å². The van der Waals surface area contributed by atoms with E-state index in [4.69, 9.17) is 5.73 Å². The zero-order valence-electron chi connectivity index (χ0n) is 21.0. The number of halogens is 1. The first kappa shape index (κ1) is 27.9. The molecule has 3 aromatic rings. The highest BCUT2D eigenvalue weighted by Crippen LogP contribution is 2.23. The van der Waals surface area contributed by atoms with Gasteiger partial charge in [0.1, 0.15) is 0 Å². The normalized spacial score (nSPS) is 15.4. The number of aryl methyl sites for hydroxylation is 1. The number of allylic oxidation sites excluding steroid dienone is 2. The summed E-state index contributed by atoms with van der Waals surface area (Å²) in [5.41, 5.74) is 6.03. The second kappa shape index (κ2) is 11.1. The van der Waals surface area contributed by atoms with Crippen molar-refractivity contribution in [3.05, 3.63) is 67.9 Å². The lowest BCUT2D eigenvalue weighted by atomic mass is 10.0. The van der Waals surface area contributed by atoms with Gasteiger partial charge >= 0.3 is 11.7 Å². The Morgan fingerprint density at radius 1 is 1.16 bits per heavy atom. The number of benzene rings is 1. The molecule has 0 spiro atoms. The fourth-order valence-corrected chi connectivity index (χ4v) is 4.52. The molecule has 1 unspecified atom stereocenters. The molecule has 1 saturated heterocycles. The van der Waals surface area contributed by atoms with Gasteiger partial charge in [0.2, 0.25) is 5.95 Å². The number of anilines is 1. The van der Waals surface area contributed by atoms with E-state index in [1.165, 1.54) is 35.9 Å². The van der Waals surface area contributed by atoms with Crippen LogP contribution < -0.4 is 21.9 Å². The van der Waals surface area contributed by atoms with Crippen LogP contribution >= 0.6 is 12.4 Å². The summed E-state index contributed by atoms with van der Waals surface area (Å²) in [5.74, 6) is -1.37. The lowest BCUT2D eigenvalue weighted by Gasteiger charge is -2.31. The zero-order chi connectivity index (χ0) is 26.1. The van der Waals surface area contributed by atoms with E-state index in [9.17, 15) is 24.3 Å². The van der Waals surface area contributed by atoms with Crippen molar-refractivity contribution in [3.8, 4) is 0 Å². The highest BCUT2D eigenvalue weighted by atomic mass is 35.5. The van der Waals surface area contributed by atoms with Crippen LogP contribution in [-0.2, 0) is 20.1 Å². The number of aromatic nitrogens is 4. The summed E-state index contributed by atoms with van der Waals surface area (Å²) >= 11 is 0. The predicted octanol–water partition coefficient (Wildman–Crippen LogP) is 1.79. The van der Waals surface area contributed by atoms with Gasteiger partial charge in [-0.15, -0.1) is 12.4 Å². The lowest BCUT2D eigenvalue weighted by molar-refractivity contribution is 0.0691. The highest BCUT2D eigenvalue weighted by Gasteiger charge is 2.27. The number of imidazole rings is 1. The van der Waals surface area contributed by atoms with E-state index in [1.807, 2.05) is 24.8 Å². The molecule has 1 fully saturated rings. The topological polar surface area (TPSA) is 145 Å². The van der Waals surface area contributed by atoms with Crippen LogP contribution in [0.2, 0.25) is 0 Å². The molecule has 0 amide bonds.